The van der Waals surface area contributed by atoms with Crippen molar-refractivity contribution in [1.82, 2.24) is 9.62 Å². The maximum absolute atomic E-state index is 13.0. The Morgan fingerprint density at radius 1 is 1.05 bits per heavy atom. The zero-order valence-corrected chi connectivity index (χ0v) is 26.0. The summed E-state index contributed by atoms with van der Waals surface area (Å²) in [6, 6.07) is 17.6. The topological polar surface area (TPSA) is 117 Å². The van der Waals surface area contributed by atoms with Crippen LogP contribution in [0.25, 0.3) is 28.2 Å². The fourth-order valence-corrected chi connectivity index (χ4v) is 5.99. The van der Waals surface area contributed by atoms with Gasteiger partial charge in [0, 0.05) is 55.7 Å². The first-order valence-electron chi connectivity index (χ1n) is 14.3. The SMILES string of the molecule is CC(C)(CCOC(C)(C)C)NS(=O)(=O)/C(C#N)=C/c1ccc(-c2ccc3cc(NCCN4CCOCC4)ccc3c2)o1. The average Bonchev–Trinajstić information content (AvgIpc) is 3.39. The van der Waals surface area contributed by atoms with Crippen molar-refractivity contribution in [2.45, 2.75) is 52.2 Å². The number of hydrogen-bond acceptors (Lipinski definition) is 8. The Morgan fingerprint density at radius 3 is 2.48 bits per heavy atom. The van der Waals surface area contributed by atoms with Crippen molar-refractivity contribution in [2.75, 3.05) is 51.3 Å². The summed E-state index contributed by atoms with van der Waals surface area (Å²) in [5.74, 6) is 0.860. The van der Waals surface area contributed by atoms with E-state index in [0.717, 1.165) is 61.4 Å². The smallest absolute Gasteiger partial charge is 0.251 e. The predicted octanol–water partition coefficient (Wildman–Crippen LogP) is 5.61. The van der Waals surface area contributed by atoms with Crippen molar-refractivity contribution >= 4 is 32.6 Å². The first-order valence-corrected chi connectivity index (χ1v) is 15.8. The van der Waals surface area contributed by atoms with Crippen molar-refractivity contribution in [3.8, 4) is 17.4 Å². The Balaban J connectivity index is 1.41. The van der Waals surface area contributed by atoms with Crippen molar-refractivity contribution < 1.29 is 22.3 Å². The summed E-state index contributed by atoms with van der Waals surface area (Å²) in [7, 11) is -4.08. The van der Waals surface area contributed by atoms with Crippen LogP contribution in [0.4, 0.5) is 5.69 Å². The molecule has 1 aromatic heterocycles. The monoisotopic (exact) mass is 594 g/mol. The number of allylic oxidation sites excluding steroid dienone is 1. The van der Waals surface area contributed by atoms with Crippen molar-refractivity contribution in [3.63, 3.8) is 0 Å². The minimum absolute atomic E-state index is 0.278. The molecule has 0 radical (unpaired) electrons. The molecule has 1 aliphatic heterocycles. The molecule has 1 saturated heterocycles. The summed E-state index contributed by atoms with van der Waals surface area (Å²) in [6.07, 6.45) is 1.70. The number of fused-ring (bicyclic) bond motifs is 1. The Hall–Kier alpha value is -3.20. The number of nitrogens with one attached hydrogen (secondary N) is 2. The zero-order chi connectivity index (χ0) is 30.4. The second-order valence-electron chi connectivity index (χ2n) is 12.2. The van der Waals surface area contributed by atoms with Crippen LogP contribution in [0.5, 0.6) is 0 Å². The predicted molar refractivity (Wildman–Crippen MR) is 167 cm³/mol. The Labute approximate surface area is 249 Å². The van der Waals surface area contributed by atoms with Gasteiger partial charge < -0.3 is 19.2 Å². The molecule has 1 fully saturated rings. The number of hydrogen-bond donors (Lipinski definition) is 2. The third-order valence-corrected chi connectivity index (χ3v) is 8.57. The molecule has 0 unspecified atom stereocenters. The number of rotatable bonds is 12. The Morgan fingerprint density at radius 2 is 1.76 bits per heavy atom. The fourth-order valence-electron chi connectivity index (χ4n) is 4.66. The zero-order valence-electron chi connectivity index (χ0n) is 25.2. The first-order chi connectivity index (χ1) is 19.8. The lowest BCUT2D eigenvalue weighted by Gasteiger charge is -2.28. The van der Waals surface area contributed by atoms with E-state index in [9.17, 15) is 13.7 Å². The summed E-state index contributed by atoms with van der Waals surface area (Å²) in [4.78, 5) is 1.98. The summed E-state index contributed by atoms with van der Waals surface area (Å²) in [5.41, 5.74) is 0.794. The van der Waals surface area contributed by atoms with Crippen LogP contribution in [0.15, 0.2) is 57.9 Å². The number of anilines is 1. The molecule has 9 nitrogen and oxygen atoms in total. The summed E-state index contributed by atoms with van der Waals surface area (Å²) in [6.45, 7) is 15.1. The minimum atomic E-state index is -4.08. The van der Waals surface area contributed by atoms with Crippen LogP contribution in [-0.2, 0) is 19.5 Å². The molecule has 3 aromatic rings. The third kappa shape index (κ3) is 9.15. The maximum atomic E-state index is 13.0. The van der Waals surface area contributed by atoms with Gasteiger partial charge in [-0.2, -0.15) is 5.26 Å². The third-order valence-electron chi connectivity index (χ3n) is 6.96. The van der Waals surface area contributed by atoms with Crippen molar-refractivity contribution in [2.24, 2.45) is 0 Å². The molecule has 0 amide bonds. The number of sulfonamides is 1. The van der Waals surface area contributed by atoms with Crippen LogP contribution >= 0.6 is 0 Å². The number of morpholine rings is 1. The lowest BCUT2D eigenvalue weighted by molar-refractivity contribution is -0.0102. The molecule has 10 heteroatoms. The van der Waals surface area contributed by atoms with E-state index >= 15 is 0 Å². The number of nitriles is 1. The molecular formula is C32H42N4O5S. The average molecular weight is 595 g/mol. The molecule has 1 aliphatic rings. The van der Waals surface area contributed by atoms with E-state index < -0.39 is 20.5 Å². The van der Waals surface area contributed by atoms with Crippen LogP contribution in [0.1, 0.15) is 46.8 Å². The molecule has 2 N–H and O–H groups in total. The van der Waals surface area contributed by atoms with E-state index in [1.54, 1.807) is 26.0 Å². The highest BCUT2D eigenvalue weighted by molar-refractivity contribution is 7.93. The number of nitrogens with zero attached hydrogens (tertiary/aromatic N) is 2. The number of ether oxygens (including phenoxy) is 2. The first kappa shape index (κ1) is 31.7. The van der Waals surface area contributed by atoms with Crippen molar-refractivity contribution in [3.05, 3.63) is 59.2 Å². The number of furan rings is 1. The molecule has 226 valence electrons. The van der Waals surface area contributed by atoms with Crippen LogP contribution in [0, 0.1) is 11.3 Å². The summed E-state index contributed by atoms with van der Waals surface area (Å²) < 4.78 is 45.8. The second kappa shape index (κ2) is 13.4. The van der Waals surface area contributed by atoms with Crippen LogP contribution in [0.3, 0.4) is 0 Å². The Kier molecular flexibility index (Phi) is 10.1. The van der Waals surface area contributed by atoms with Gasteiger partial charge in [-0.15, -0.1) is 0 Å². The minimum Gasteiger partial charge on any atom is -0.457 e. The molecular weight excluding hydrogens is 552 g/mol. The highest BCUT2D eigenvalue weighted by atomic mass is 32.2. The van der Waals surface area contributed by atoms with E-state index in [2.05, 4.69) is 33.1 Å². The lowest BCUT2D eigenvalue weighted by Crippen LogP contribution is -2.44. The highest BCUT2D eigenvalue weighted by Crippen LogP contribution is 2.29. The van der Waals surface area contributed by atoms with E-state index in [1.807, 2.05) is 45.0 Å². The molecule has 0 saturated carbocycles. The molecule has 4 rings (SSSR count). The molecule has 0 aliphatic carbocycles. The van der Waals surface area contributed by atoms with Gasteiger partial charge >= 0.3 is 0 Å². The van der Waals surface area contributed by atoms with Gasteiger partial charge in [0.1, 0.15) is 17.6 Å². The van der Waals surface area contributed by atoms with Crippen LogP contribution < -0.4 is 10.0 Å². The van der Waals surface area contributed by atoms with Gasteiger partial charge in [0.25, 0.3) is 10.0 Å². The quantitative estimate of drug-likeness (QED) is 0.260. The summed E-state index contributed by atoms with van der Waals surface area (Å²) in [5, 5.41) is 15.3. The largest absolute Gasteiger partial charge is 0.457 e. The van der Waals surface area contributed by atoms with Gasteiger partial charge in [-0.1, -0.05) is 18.2 Å². The molecule has 2 aromatic carbocycles. The fraction of sp³-hybridized carbons (Fsp3) is 0.469. The van der Waals surface area contributed by atoms with Gasteiger partial charge in [0.2, 0.25) is 0 Å². The van der Waals surface area contributed by atoms with E-state index in [0.29, 0.717) is 18.8 Å². The van der Waals surface area contributed by atoms with Gasteiger partial charge in [0.15, 0.2) is 4.91 Å². The molecule has 0 spiro atoms. The second-order valence-corrected chi connectivity index (χ2v) is 13.8. The molecule has 0 bridgehead atoms. The van der Waals surface area contributed by atoms with Gasteiger partial charge in [-0.25, -0.2) is 13.1 Å². The van der Waals surface area contributed by atoms with Gasteiger partial charge in [-0.3, -0.25) is 4.90 Å². The van der Waals surface area contributed by atoms with E-state index in [1.165, 1.54) is 6.08 Å². The maximum Gasteiger partial charge on any atom is 0.251 e. The lowest BCUT2D eigenvalue weighted by atomic mass is 10.0. The molecule has 42 heavy (non-hydrogen) atoms. The van der Waals surface area contributed by atoms with Gasteiger partial charge in [0.05, 0.1) is 18.8 Å². The highest BCUT2D eigenvalue weighted by Gasteiger charge is 2.29. The van der Waals surface area contributed by atoms with Crippen LogP contribution in [-0.4, -0.2) is 70.5 Å². The number of benzene rings is 2. The van der Waals surface area contributed by atoms with E-state index in [4.69, 9.17) is 13.9 Å². The van der Waals surface area contributed by atoms with Crippen LogP contribution in [0.2, 0.25) is 0 Å². The summed E-state index contributed by atoms with van der Waals surface area (Å²) >= 11 is 0. The molecule has 2 heterocycles. The normalized spacial score (nSPS) is 15.6. The van der Waals surface area contributed by atoms with Gasteiger partial charge in [-0.05, 0) is 82.1 Å². The molecule has 0 atom stereocenters. The van der Waals surface area contributed by atoms with Crippen molar-refractivity contribution in [1.29, 1.82) is 5.26 Å². The standard InChI is InChI=1S/C32H42N4O5S/c1-31(2,3)40-17-12-32(4,5)35-42(37,38)29(23-33)22-28-10-11-30(41-28)26-7-6-25-21-27(9-8-24(25)20-26)34-13-14-36-15-18-39-19-16-36/h6-11,20-22,34-35H,12-19H2,1-5H3/b29-22+. The Bertz CT molecular complexity index is 1540. The van der Waals surface area contributed by atoms with E-state index in [-0.39, 0.29) is 11.4 Å².